The van der Waals surface area contributed by atoms with Crippen LogP contribution < -0.4 is 5.32 Å². The summed E-state index contributed by atoms with van der Waals surface area (Å²) in [5, 5.41) is 10.9. The summed E-state index contributed by atoms with van der Waals surface area (Å²) < 4.78 is 43.8. The van der Waals surface area contributed by atoms with Gasteiger partial charge in [0.05, 0.1) is 18.7 Å². The Hall–Kier alpha value is -3.05. The summed E-state index contributed by atoms with van der Waals surface area (Å²) in [5.41, 5.74) is 0.493. The molecule has 31 heavy (non-hydrogen) atoms. The molecule has 1 aromatic carbocycles. The maximum Gasteiger partial charge on any atom is 0.246 e. The van der Waals surface area contributed by atoms with Crippen LogP contribution in [0.2, 0.25) is 0 Å². The molecule has 1 N–H and O–H groups in total. The molecule has 0 aliphatic carbocycles. The second-order valence-corrected chi connectivity index (χ2v) is 9.47. The molecule has 1 unspecified atom stereocenters. The summed E-state index contributed by atoms with van der Waals surface area (Å²) in [5.74, 6) is -0.756. The number of rotatable bonds is 6. The topological polar surface area (TPSA) is 102 Å². The maximum absolute atomic E-state index is 13.8. The van der Waals surface area contributed by atoms with Crippen LogP contribution >= 0.6 is 0 Å². The number of sulfonamides is 1. The van der Waals surface area contributed by atoms with Crippen LogP contribution in [-0.4, -0.2) is 51.3 Å². The Labute approximate surface area is 179 Å². The van der Waals surface area contributed by atoms with Gasteiger partial charge in [0.1, 0.15) is 10.7 Å². The summed E-state index contributed by atoms with van der Waals surface area (Å²) in [4.78, 5) is 12.9. The van der Waals surface area contributed by atoms with E-state index < -0.39 is 15.9 Å². The first-order valence-corrected chi connectivity index (χ1v) is 11.3. The molecule has 0 saturated carbocycles. The van der Waals surface area contributed by atoms with Gasteiger partial charge in [0.25, 0.3) is 0 Å². The Morgan fingerprint density at radius 3 is 2.84 bits per heavy atom. The van der Waals surface area contributed by atoms with E-state index >= 15 is 0 Å². The van der Waals surface area contributed by atoms with Gasteiger partial charge >= 0.3 is 0 Å². The Kier molecular flexibility index (Phi) is 5.88. The van der Waals surface area contributed by atoms with E-state index in [1.165, 1.54) is 32.1 Å². The Morgan fingerprint density at radius 2 is 2.10 bits per heavy atom. The molecule has 3 aromatic rings. The van der Waals surface area contributed by atoms with E-state index in [1.807, 2.05) is 0 Å². The average molecular weight is 447 g/mol. The van der Waals surface area contributed by atoms with E-state index in [-0.39, 0.29) is 29.7 Å². The van der Waals surface area contributed by atoms with E-state index in [0.29, 0.717) is 30.8 Å². The number of nitrogens with one attached hydrogen (secondary N) is 1. The van der Waals surface area contributed by atoms with Gasteiger partial charge in [-0.25, -0.2) is 12.8 Å². The monoisotopic (exact) mass is 446 g/mol. The number of benzene rings is 1. The van der Waals surface area contributed by atoms with Crippen molar-refractivity contribution in [3.8, 4) is 0 Å². The van der Waals surface area contributed by atoms with Crippen LogP contribution in [0.25, 0.3) is 0 Å². The molecule has 4 rings (SSSR count). The van der Waals surface area contributed by atoms with Gasteiger partial charge in [-0.2, -0.15) is 14.5 Å². The fourth-order valence-corrected chi connectivity index (χ4v) is 5.11. The van der Waals surface area contributed by atoms with Crippen molar-refractivity contribution in [1.82, 2.24) is 23.9 Å². The summed E-state index contributed by atoms with van der Waals surface area (Å²) in [6.45, 7) is 0.695. The fraction of sp³-hybridized carbons (Fsp3) is 0.350. The highest BCUT2D eigenvalue weighted by Crippen LogP contribution is 2.24. The second-order valence-electron chi connectivity index (χ2n) is 7.53. The third-order valence-corrected chi connectivity index (χ3v) is 7.07. The van der Waals surface area contributed by atoms with Crippen molar-refractivity contribution >= 4 is 21.7 Å². The minimum Gasteiger partial charge on any atom is -0.309 e. The van der Waals surface area contributed by atoms with Crippen LogP contribution in [0.4, 0.5) is 10.2 Å². The van der Waals surface area contributed by atoms with Crippen molar-refractivity contribution in [2.75, 3.05) is 18.4 Å². The second kappa shape index (κ2) is 8.60. The minimum absolute atomic E-state index is 0.0962. The zero-order chi connectivity index (χ0) is 22.0. The third kappa shape index (κ3) is 4.67. The van der Waals surface area contributed by atoms with Gasteiger partial charge in [0, 0.05) is 44.2 Å². The van der Waals surface area contributed by atoms with Gasteiger partial charge in [-0.15, -0.1) is 0 Å². The minimum atomic E-state index is -3.70. The molecule has 164 valence electrons. The SMILES string of the molecule is Cn1cc(S(=O)(=O)N2CCCC(C(=O)Nc3ccn(Cc4ccccc4F)n3)C2)cn1. The number of aryl methyl sites for hydroxylation is 1. The molecule has 3 heterocycles. The number of carbonyl (C=O) groups is 1. The lowest BCUT2D eigenvalue weighted by Crippen LogP contribution is -2.43. The van der Waals surface area contributed by atoms with Gasteiger partial charge in [0.2, 0.25) is 15.9 Å². The van der Waals surface area contributed by atoms with E-state index in [1.54, 1.807) is 37.5 Å². The van der Waals surface area contributed by atoms with Crippen molar-refractivity contribution in [3.63, 3.8) is 0 Å². The molecular weight excluding hydrogens is 423 g/mol. The summed E-state index contributed by atoms with van der Waals surface area (Å²) >= 11 is 0. The average Bonchev–Trinajstić information content (AvgIpc) is 3.39. The van der Waals surface area contributed by atoms with Crippen molar-refractivity contribution in [2.24, 2.45) is 13.0 Å². The number of hydrogen-bond donors (Lipinski definition) is 1. The molecule has 1 aliphatic heterocycles. The van der Waals surface area contributed by atoms with Crippen LogP contribution in [0.1, 0.15) is 18.4 Å². The molecule has 0 spiro atoms. The van der Waals surface area contributed by atoms with Crippen molar-refractivity contribution in [1.29, 1.82) is 0 Å². The standard InChI is InChI=1S/C20H23FN6O3S/c1-25-14-17(11-22-25)31(29,30)27-9-4-6-16(13-27)20(28)23-19-8-10-26(24-19)12-15-5-2-3-7-18(15)21/h2-3,5,7-8,10-11,14,16H,4,6,9,12-13H2,1H3,(H,23,24,28). The molecule has 1 fully saturated rings. The lowest BCUT2D eigenvalue weighted by molar-refractivity contribution is -0.120. The number of hydrogen-bond acceptors (Lipinski definition) is 5. The zero-order valence-corrected chi connectivity index (χ0v) is 17.8. The van der Waals surface area contributed by atoms with Gasteiger partial charge in [-0.05, 0) is 18.9 Å². The van der Waals surface area contributed by atoms with Crippen molar-refractivity contribution < 1.29 is 17.6 Å². The number of piperidine rings is 1. The Bertz CT molecular complexity index is 1190. The third-order valence-electron chi connectivity index (χ3n) is 5.26. The Morgan fingerprint density at radius 1 is 1.29 bits per heavy atom. The van der Waals surface area contributed by atoms with E-state index in [9.17, 15) is 17.6 Å². The first kappa shape index (κ1) is 21.2. The van der Waals surface area contributed by atoms with Gasteiger partial charge in [-0.1, -0.05) is 18.2 Å². The lowest BCUT2D eigenvalue weighted by Gasteiger charge is -2.30. The number of aromatic nitrogens is 4. The molecule has 1 saturated heterocycles. The molecule has 1 aliphatic rings. The molecule has 1 atom stereocenters. The Balaban J connectivity index is 1.40. The maximum atomic E-state index is 13.8. The number of amides is 1. The smallest absolute Gasteiger partial charge is 0.246 e. The molecule has 9 nitrogen and oxygen atoms in total. The lowest BCUT2D eigenvalue weighted by atomic mass is 9.99. The van der Waals surface area contributed by atoms with Crippen molar-refractivity contribution in [3.05, 3.63) is 60.3 Å². The molecule has 2 aromatic heterocycles. The summed E-state index contributed by atoms with van der Waals surface area (Å²) in [6, 6.07) is 8.06. The predicted octanol–water partition coefficient (Wildman–Crippen LogP) is 1.84. The number of nitrogens with zero attached hydrogens (tertiary/aromatic N) is 5. The normalized spacial score (nSPS) is 17.5. The van der Waals surface area contributed by atoms with Crippen LogP contribution in [0.3, 0.4) is 0 Å². The zero-order valence-electron chi connectivity index (χ0n) is 17.0. The highest BCUT2D eigenvalue weighted by atomic mass is 32.2. The molecule has 0 radical (unpaired) electrons. The summed E-state index contributed by atoms with van der Waals surface area (Å²) in [6.07, 6.45) is 5.57. The number of anilines is 1. The first-order valence-electron chi connectivity index (χ1n) is 9.89. The van der Waals surface area contributed by atoms with Crippen LogP contribution in [0.5, 0.6) is 0 Å². The number of carbonyl (C=O) groups excluding carboxylic acids is 1. The van der Waals surface area contributed by atoms with Crippen LogP contribution in [0, 0.1) is 11.7 Å². The van der Waals surface area contributed by atoms with Gasteiger partial charge in [0.15, 0.2) is 5.82 Å². The van der Waals surface area contributed by atoms with Gasteiger partial charge < -0.3 is 5.32 Å². The van der Waals surface area contributed by atoms with Crippen molar-refractivity contribution in [2.45, 2.75) is 24.3 Å². The largest absolute Gasteiger partial charge is 0.309 e. The van der Waals surface area contributed by atoms with E-state index in [0.717, 1.165) is 0 Å². The first-order chi connectivity index (χ1) is 14.8. The molecular formula is C20H23FN6O3S. The quantitative estimate of drug-likeness (QED) is 0.623. The predicted molar refractivity (Wildman–Crippen MR) is 111 cm³/mol. The molecule has 1 amide bonds. The molecule has 11 heteroatoms. The summed E-state index contributed by atoms with van der Waals surface area (Å²) in [7, 11) is -2.05. The molecule has 0 bridgehead atoms. The highest BCUT2D eigenvalue weighted by Gasteiger charge is 2.34. The highest BCUT2D eigenvalue weighted by molar-refractivity contribution is 7.89. The fourth-order valence-electron chi connectivity index (χ4n) is 3.60. The van der Waals surface area contributed by atoms with E-state index in [4.69, 9.17) is 0 Å². The number of halogens is 1. The van der Waals surface area contributed by atoms with E-state index in [2.05, 4.69) is 15.5 Å². The van der Waals surface area contributed by atoms with Gasteiger partial charge in [-0.3, -0.25) is 14.2 Å². The van der Waals surface area contributed by atoms with Crippen LogP contribution in [0.15, 0.2) is 53.8 Å². The van der Waals surface area contributed by atoms with Crippen LogP contribution in [-0.2, 0) is 28.4 Å².